The fraction of sp³-hybridized carbons (Fsp3) is 0.261. The molecule has 3 aromatic rings. The first kappa shape index (κ1) is 23.4. The largest absolute Gasteiger partial charge is 0.340 e. The molecule has 0 saturated heterocycles. The minimum absolute atomic E-state index is 0.00318. The highest BCUT2D eigenvalue weighted by atomic mass is 32.2. The molecule has 0 aliphatic rings. The zero-order valence-corrected chi connectivity index (χ0v) is 19.5. The number of aryl methyl sites for hydroxylation is 1. The lowest BCUT2D eigenvalue weighted by Crippen LogP contribution is -2.40. The maximum atomic E-state index is 12.6. The van der Waals surface area contributed by atoms with E-state index in [1.165, 1.54) is 6.92 Å². The van der Waals surface area contributed by atoms with E-state index in [0.717, 1.165) is 11.3 Å². The Bertz CT molecular complexity index is 1230. The lowest BCUT2D eigenvalue weighted by Gasteiger charge is -2.20. The van der Waals surface area contributed by atoms with Crippen molar-refractivity contribution in [3.63, 3.8) is 0 Å². The summed E-state index contributed by atoms with van der Waals surface area (Å²) >= 11 is 0. The minimum Gasteiger partial charge on any atom is -0.340 e. The SMILES string of the molecule is CC(=O)c1ccc(Nc2ncc(C)c(Nc3cccc(S(=O)(=O)NC(C)(C)C)c3)n2)cc1. The van der Waals surface area contributed by atoms with Crippen LogP contribution in [0.4, 0.5) is 23.1 Å². The van der Waals surface area contributed by atoms with E-state index in [9.17, 15) is 13.2 Å². The molecule has 3 rings (SSSR count). The van der Waals surface area contributed by atoms with Crippen LogP contribution in [0.15, 0.2) is 59.6 Å². The Balaban J connectivity index is 1.81. The third kappa shape index (κ3) is 6.12. The van der Waals surface area contributed by atoms with Gasteiger partial charge in [0.1, 0.15) is 5.82 Å². The predicted molar refractivity (Wildman–Crippen MR) is 126 cm³/mol. The van der Waals surface area contributed by atoms with Crippen molar-refractivity contribution in [3.05, 3.63) is 65.9 Å². The third-order valence-corrected chi connectivity index (χ3v) is 6.12. The van der Waals surface area contributed by atoms with Gasteiger partial charge in [0.05, 0.1) is 4.90 Å². The maximum absolute atomic E-state index is 12.6. The predicted octanol–water partition coefficient (Wildman–Crippen LogP) is 4.55. The van der Waals surface area contributed by atoms with Crippen LogP contribution in [0.2, 0.25) is 0 Å². The van der Waals surface area contributed by atoms with Crippen molar-refractivity contribution in [2.75, 3.05) is 10.6 Å². The first-order valence-electron chi connectivity index (χ1n) is 10.1. The molecule has 0 amide bonds. The van der Waals surface area contributed by atoms with Crippen molar-refractivity contribution in [2.45, 2.75) is 45.1 Å². The summed E-state index contributed by atoms with van der Waals surface area (Å²) in [5.74, 6) is 0.907. The smallest absolute Gasteiger partial charge is 0.241 e. The van der Waals surface area contributed by atoms with Crippen molar-refractivity contribution in [1.82, 2.24) is 14.7 Å². The van der Waals surface area contributed by atoms with Crippen LogP contribution in [0.3, 0.4) is 0 Å². The van der Waals surface area contributed by atoms with Gasteiger partial charge in [-0.15, -0.1) is 0 Å². The molecule has 0 aliphatic heterocycles. The second-order valence-corrected chi connectivity index (χ2v) is 10.2. The van der Waals surface area contributed by atoms with Crippen LogP contribution in [0, 0.1) is 6.92 Å². The second kappa shape index (κ2) is 9.05. The molecule has 1 aromatic heterocycles. The topological polar surface area (TPSA) is 113 Å². The molecule has 0 spiro atoms. The number of nitrogens with zero attached hydrogens (tertiary/aromatic N) is 2. The van der Waals surface area contributed by atoms with Gasteiger partial charge >= 0.3 is 0 Å². The quantitative estimate of drug-likeness (QED) is 0.450. The van der Waals surface area contributed by atoms with Gasteiger partial charge in [-0.05, 0) is 77.1 Å². The highest BCUT2D eigenvalue weighted by Gasteiger charge is 2.22. The van der Waals surface area contributed by atoms with E-state index in [1.807, 2.05) is 6.92 Å². The third-order valence-electron chi connectivity index (χ3n) is 4.37. The number of aromatic nitrogens is 2. The fourth-order valence-corrected chi connectivity index (χ4v) is 4.35. The molecule has 3 N–H and O–H groups in total. The van der Waals surface area contributed by atoms with Gasteiger partial charge in [-0.1, -0.05) is 6.07 Å². The van der Waals surface area contributed by atoms with Gasteiger partial charge < -0.3 is 10.6 Å². The van der Waals surface area contributed by atoms with Crippen LogP contribution in [0.5, 0.6) is 0 Å². The number of carbonyl (C=O) groups excluding carboxylic acids is 1. The van der Waals surface area contributed by atoms with Gasteiger partial charge in [0.25, 0.3) is 0 Å². The van der Waals surface area contributed by atoms with Crippen LogP contribution in [0.1, 0.15) is 43.6 Å². The van der Waals surface area contributed by atoms with Crippen LogP contribution < -0.4 is 15.4 Å². The summed E-state index contributed by atoms with van der Waals surface area (Å²) in [4.78, 5) is 20.4. The molecule has 32 heavy (non-hydrogen) atoms. The molecule has 168 valence electrons. The fourth-order valence-electron chi connectivity index (χ4n) is 2.89. The van der Waals surface area contributed by atoms with Gasteiger partial charge in [-0.25, -0.2) is 18.1 Å². The van der Waals surface area contributed by atoms with Gasteiger partial charge in [0, 0.05) is 34.2 Å². The number of ketones is 1. The Labute approximate surface area is 188 Å². The highest BCUT2D eigenvalue weighted by molar-refractivity contribution is 7.89. The number of rotatable bonds is 7. The molecule has 2 aromatic carbocycles. The number of anilines is 4. The van der Waals surface area contributed by atoms with E-state index in [0.29, 0.717) is 23.0 Å². The standard InChI is InChI=1S/C23H27N5O3S/c1-15-14-24-22(26-18-11-9-17(10-12-18)16(2)29)27-21(15)25-19-7-6-8-20(13-19)32(30,31)28-23(3,4)5/h6-14,28H,1-5H3,(H2,24,25,26,27). The Morgan fingerprint density at radius 3 is 2.28 bits per heavy atom. The van der Waals surface area contributed by atoms with E-state index in [2.05, 4.69) is 25.3 Å². The first-order valence-corrected chi connectivity index (χ1v) is 11.5. The number of benzene rings is 2. The number of carbonyl (C=O) groups is 1. The molecule has 0 unspecified atom stereocenters. The van der Waals surface area contributed by atoms with Gasteiger partial charge in [-0.3, -0.25) is 4.79 Å². The lowest BCUT2D eigenvalue weighted by atomic mass is 10.1. The molecule has 8 nitrogen and oxygen atoms in total. The molecule has 0 atom stereocenters. The Kier molecular flexibility index (Phi) is 6.61. The van der Waals surface area contributed by atoms with E-state index < -0.39 is 15.6 Å². The van der Waals surface area contributed by atoms with Gasteiger partial charge in [-0.2, -0.15) is 4.98 Å². The summed E-state index contributed by atoms with van der Waals surface area (Å²) in [6.07, 6.45) is 1.67. The number of hydrogen-bond donors (Lipinski definition) is 3. The van der Waals surface area contributed by atoms with Crippen molar-refractivity contribution in [2.24, 2.45) is 0 Å². The Morgan fingerprint density at radius 1 is 0.969 bits per heavy atom. The molecule has 0 bridgehead atoms. The molecular weight excluding hydrogens is 426 g/mol. The molecule has 0 fully saturated rings. The van der Waals surface area contributed by atoms with Crippen molar-refractivity contribution in [3.8, 4) is 0 Å². The molecule has 9 heteroatoms. The molecule has 0 saturated carbocycles. The average Bonchev–Trinajstić information content (AvgIpc) is 2.69. The van der Waals surface area contributed by atoms with Crippen LogP contribution >= 0.6 is 0 Å². The summed E-state index contributed by atoms with van der Waals surface area (Å²) in [6, 6.07) is 13.6. The van der Waals surface area contributed by atoms with Crippen molar-refractivity contribution >= 4 is 38.9 Å². The summed E-state index contributed by atoms with van der Waals surface area (Å²) in [5.41, 5.74) is 2.16. The van der Waals surface area contributed by atoms with Crippen molar-refractivity contribution in [1.29, 1.82) is 0 Å². The minimum atomic E-state index is -3.66. The maximum Gasteiger partial charge on any atom is 0.241 e. The van der Waals surface area contributed by atoms with Gasteiger partial charge in [0.15, 0.2) is 5.78 Å². The summed E-state index contributed by atoms with van der Waals surface area (Å²) in [6.45, 7) is 8.75. The average molecular weight is 454 g/mol. The second-order valence-electron chi connectivity index (χ2n) is 8.49. The number of nitrogens with one attached hydrogen (secondary N) is 3. The van der Waals surface area contributed by atoms with Crippen LogP contribution in [0.25, 0.3) is 0 Å². The zero-order chi connectivity index (χ0) is 23.5. The number of hydrogen-bond acceptors (Lipinski definition) is 7. The number of Topliss-reactive ketones (excluding diaryl/α,β-unsaturated/α-hetero) is 1. The molecular formula is C23H27N5O3S. The number of sulfonamides is 1. The summed E-state index contributed by atoms with van der Waals surface area (Å²) < 4.78 is 27.9. The summed E-state index contributed by atoms with van der Waals surface area (Å²) in [7, 11) is -3.66. The van der Waals surface area contributed by atoms with Crippen molar-refractivity contribution < 1.29 is 13.2 Å². The lowest BCUT2D eigenvalue weighted by molar-refractivity contribution is 0.101. The van der Waals surface area contributed by atoms with Crippen LogP contribution in [-0.4, -0.2) is 29.7 Å². The zero-order valence-electron chi connectivity index (χ0n) is 18.7. The Hall–Kier alpha value is -3.30. The normalized spacial score (nSPS) is 11.8. The molecule has 1 heterocycles. The van der Waals surface area contributed by atoms with E-state index >= 15 is 0 Å². The van der Waals surface area contributed by atoms with E-state index in [1.54, 1.807) is 75.5 Å². The van der Waals surface area contributed by atoms with E-state index in [-0.39, 0.29) is 10.7 Å². The molecule has 0 aliphatic carbocycles. The van der Waals surface area contributed by atoms with Gasteiger partial charge in [0.2, 0.25) is 16.0 Å². The van der Waals surface area contributed by atoms with Crippen LogP contribution in [-0.2, 0) is 10.0 Å². The highest BCUT2D eigenvalue weighted by Crippen LogP contribution is 2.23. The monoisotopic (exact) mass is 453 g/mol. The molecule has 0 radical (unpaired) electrons. The first-order chi connectivity index (χ1) is 14.9. The Morgan fingerprint density at radius 2 is 1.66 bits per heavy atom. The summed E-state index contributed by atoms with van der Waals surface area (Å²) in [5, 5.41) is 6.28. The van der Waals surface area contributed by atoms with E-state index in [4.69, 9.17) is 0 Å².